The number of aliphatic imine (C=N–C) groups is 1. The first-order valence-electron chi connectivity index (χ1n) is 15.8. The molecular formula is C36H31F3N8O3S. The van der Waals surface area contributed by atoms with E-state index in [0.717, 1.165) is 42.0 Å². The Morgan fingerprint density at radius 3 is 2.43 bits per heavy atom. The number of fused-ring (bicyclic) bond motifs is 1. The highest BCUT2D eigenvalue weighted by Crippen LogP contribution is 2.40. The van der Waals surface area contributed by atoms with E-state index in [0.29, 0.717) is 21.8 Å². The van der Waals surface area contributed by atoms with Crippen molar-refractivity contribution in [2.24, 2.45) is 26.9 Å². The van der Waals surface area contributed by atoms with Gasteiger partial charge in [0.25, 0.3) is 5.91 Å². The van der Waals surface area contributed by atoms with E-state index in [2.05, 4.69) is 36.4 Å². The van der Waals surface area contributed by atoms with Crippen molar-refractivity contribution in [1.29, 1.82) is 0 Å². The van der Waals surface area contributed by atoms with Crippen molar-refractivity contribution >= 4 is 56.4 Å². The van der Waals surface area contributed by atoms with Gasteiger partial charge in [-0.3, -0.25) is 9.69 Å². The molecule has 15 heteroatoms. The Labute approximate surface area is 294 Å². The lowest BCUT2D eigenvalue weighted by Crippen LogP contribution is -2.34. The summed E-state index contributed by atoms with van der Waals surface area (Å²) in [6, 6.07) is 24.5. The van der Waals surface area contributed by atoms with Crippen molar-refractivity contribution in [3.63, 3.8) is 0 Å². The number of ether oxygens (including phenoxy) is 1. The molecule has 6 rings (SSSR count). The molecule has 5 aromatic rings. The fraction of sp³-hybridized carbons (Fsp3) is 0.167. The summed E-state index contributed by atoms with van der Waals surface area (Å²) in [7, 11) is 0. The smallest absolute Gasteiger partial charge is 0.405 e. The molecule has 0 fully saturated rings. The first kappa shape index (κ1) is 34.8. The molecule has 51 heavy (non-hydrogen) atoms. The second-order valence-electron chi connectivity index (χ2n) is 11.5. The summed E-state index contributed by atoms with van der Waals surface area (Å²) in [5.41, 5.74) is 10.2. The van der Waals surface area contributed by atoms with Crippen LogP contribution in [0.5, 0.6) is 5.75 Å². The van der Waals surface area contributed by atoms with Crippen LogP contribution in [0.2, 0.25) is 0 Å². The van der Waals surface area contributed by atoms with Gasteiger partial charge in [0.15, 0.2) is 0 Å². The van der Waals surface area contributed by atoms with Crippen molar-refractivity contribution < 1.29 is 27.5 Å². The van der Waals surface area contributed by atoms with Crippen LogP contribution in [0.3, 0.4) is 0 Å². The summed E-state index contributed by atoms with van der Waals surface area (Å²) in [6.45, 7) is 0.0785. The second-order valence-corrected chi connectivity index (χ2v) is 12.5. The number of halogens is 3. The fourth-order valence-electron chi connectivity index (χ4n) is 5.59. The fourth-order valence-corrected chi connectivity index (χ4v) is 6.58. The standard InChI is InChI=1S/C36H31F3N8O3S/c37-36(38,39)50-30-19-16-26(20-28(30)33-43-29-8-4-5-9-31(29)51-33)42-35(49)47(27-17-14-24(15-18-27)23-6-2-1-3-7-23)21-22-10-12-25(13-11-22)32(48)44-34(40)45-46-41/h4-6,8-20H,1-3,7,21H2,(H,42,49)(H4,40,41,44,45,48). The van der Waals surface area contributed by atoms with Crippen LogP contribution in [0.1, 0.15) is 47.2 Å². The second kappa shape index (κ2) is 15.2. The highest BCUT2D eigenvalue weighted by atomic mass is 32.1. The number of alkyl halides is 3. The molecule has 1 aromatic heterocycles. The zero-order valence-corrected chi connectivity index (χ0v) is 27.7. The number of para-hydroxylation sites is 1. The van der Waals surface area contributed by atoms with E-state index < -0.39 is 30.0 Å². The number of carbonyl (C=O) groups is 2. The molecule has 5 N–H and O–H groups in total. The lowest BCUT2D eigenvalue weighted by Gasteiger charge is -2.24. The monoisotopic (exact) mass is 712 g/mol. The molecule has 0 bridgehead atoms. The molecule has 1 heterocycles. The van der Waals surface area contributed by atoms with E-state index in [1.165, 1.54) is 46.1 Å². The van der Waals surface area contributed by atoms with Gasteiger partial charge in [0.2, 0.25) is 5.96 Å². The summed E-state index contributed by atoms with van der Waals surface area (Å²) < 4.78 is 45.3. The number of thiazole rings is 1. The maximum absolute atomic E-state index is 14.0. The van der Waals surface area contributed by atoms with Gasteiger partial charge < -0.3 is 21.6 Å². The van der Waals surface area contributed by atoms with E-state index in [-0.39, 0.29) is 23.4 Å². The highest BCUT2D eigenvalue weighted by molar-refractivity contribution is 7.21. The quantitative estimate of drug-likeness (QED) is 0.0479. The molecule has 0 saturated carbocycles. The number of guanidine groups is 1. The molecule has 1 aliphatic carbocycles. The molecule has 1 aliphatic rings. The van der Waals surface area contributed by atoms with Crippen LogP contribution in [-0.2, 0) is 6.54 Å². The topological polar surface area (TPSA) is 161 Å². The molecule has 0 radical (unpaired) electrons. The zero-order valence-electron chi connectivity index (χ0n) is 26.9. The van der Waals surface area contributed by atoms with Crippen LogP contribution >= 0.6 is 11.3 Å². The first-order chi connectivity index (χ1) is 24.6. The van der Waals surface area contributed by atoms with E-state index in [1.54, 1.807) is 24.3 Å². The first-order valence-corrected chi connectivity index (χ1v) is 16.6. The van der Waals surface area contributed by atoms with E-state index >= 15 is 0 Å². The molecular weight excluding hydrogens is 682 g/mol. The number of nitrogens with zero attached hydrogens (tertiary/aromatic N) is 5. The van der Waals surface area contributed by atoms with E-state index in [1.807, 2.05) is 36.4 Å². The van der Waals surface area contributed by atoms with Crippen LogP contribution in [0, 0.1) is 0 Å². The Bertz CT molecular complexity index is 2110. The Kier molecular flexibility index (Phi) is 10.4. The molecule has 0 spiro atoms. The number of allylic oxidation sites excluding steroid dienone is 2. The van der Waals surface area contributed by atoms with Crippen LogP contribution in [0.15, 0.2) is 112 Å². The van der Waals surface area contributed by atoms with Gasteiger partial charge in [-0.05, 0) is 97.0 Å². The Balaban J connectivity index is 1.31. The summed E-state index contributed by atoms with van der Waals surface area (Å²) >= 11 is 1.20. The van der Waals surface area contributed by atoms with Gasteiger partial charge in [-0.2, -0.15) is 4.99 Å². The number of urea groups is 1. The third kappa shape index (κ3) is 8.75. The SMILES string of the molecule is N/N=N\C(N)=NC(=O)c1ccc(CN(C(=O)Nc2ccc(OC(F)(F)F)c(-c3nc4ccccc4s3)c2)c2ccc(C3=CCCCC3)cc2)cc1. The van der Waals surface area contributed by atoms with Gasteiger partial charge in [0.05, 0.1) is 22.3 Å². The van der Waals surface area contributed by atoms with Crippen molar-refractivity contribution in [3.8, 4) is 16.3 Å². The Morgan fingerprint density at radius 1 is 0.980 bits per heavy atom. The number of nitrogens with two attached hydrogens (primary N) is 2. The minimum absolute atomic E-state index is 0.0690. The number of carbonyl (C=O) groups excluding carboxylic acids is 2. The average molecular weight is 713 g/mol. The van der Waals surface area contributed by atoms with Crippen molar-refractivity contribution in [1.82, 2.24) is 4.98 Å². The van der Waals surface area contributed by atoms with Crippen LogP contribution < -0.4 is 26.5 Å². The highest BCUT2D eigenvalue weighted by Gasteiger charge is 2.33. The van der Waals surface area contributed by atoms with E-state index in [4.69, 9.17) is 11.6 Å². The van der Waals surface area contributed by atoms with Crippen LogP contribution in [-0.4, -0.2) is 29.2 Å². The van der Waals surface area contributed by atoms with Crippen molar-refractivity contribution in [2.75, 3.05) is 10.2 Å². The Morgan fingerprint density at radius 2 is 1.75 bits per heavy atom. The summed E-state index contributed by atoms with van der Waals surface area (Å²) in [5, 5.41) is 9.45. The third-order valence-electron chi connectivity index (χ3n) is 7.98. The number of aromatic nitrogens is 1. The molecule has 11 nitrogen and oxygen atoms in total. The van der Waals surface area contributed by atoms with Crippen LogP contribution in [0.4, 0.5) is 29.3 Å². The van der Waals surface area contributed by atoms with Crippen molar-refractivity contribution in [3.05, 3.63) is 114 Å². The molecule has 3 amide bonds. The molecule has 0 aliphatic heterocycles. The number of benzene rings is 4. The van der Waals surface area contributed by atoms with Gasteiger partial charge in [-0.15, -0.1) is 24.5 Å². The largest absolute Gasteiger partial charge is 0.573 e. The zero-order chi connectivity index (χ0) is 36.0. The summed E-state index contributed by atoms with van der Waals surface area (Å²) in [4.78, 5) is 36.1. The summed E-state index contributed by atoms with van der Waals surface area (Å²) in [6.07, 6.45) is 1.55. The molecule has 4 aromatic carbocycles. The number of rotatable bonds is 8. The molecule has 0 atom stereocenters. The minimum Gasteiger partial charge on any atom is -0.405 e. The lowest BCUT2D eigenvalue weighted by atomic mass is 9.93. The predicted molar refractivity (Wildman–Crippen MR) is 191 cm³/mol. The van der Waals surface area contributed by atoms with Crippen molar-refractivity contribution in [2.45, 2.75) is 38.6 Å². The minimum atomic E-state index is -4.94. The number of anilines is 2. The van der Waals surface area contributed by atoms with Gasteiger partial charge in [0.1, 0.15) is 10.8 Å². The maximum Gasteiger partial charge on any atom is 0.573 e. The number of hydrogen-bond donors (Lipinski definition) is 3. The molecule has 0 unspecified atom stereocenters. The van der Waals surface area contributed by atoms with Gasteiger partial charge in [-0.1, -0.05) is 52.8 Å². The Hall–Kier alpha value is -6.09. The van der Waals surface area contributed by atoms with Gasteiger partial charge >= 0.3 is 12.4 Å². The molecule has 0 saturated heterocycles. The number of amides is 3. The average Bonchev–Trinajstić information content (AvgIpc) is 3.56. The summed E-state index contributed by atoms with van der Waals surface area (Å²) in [5.74, 6) is 3.45. The lowest BCUT2D eigenvalue weighted by molar-refractivity contribution is -0.274. The normalized spacial score (nSPS) is 13.6. The number of nitrogens with one attached hydrogen (secondary N) is 1. The predicted octanol–water partition coefficient (Wildman–Crippen LogP) is 8.84. The van der Waals surface area contributed by atoms with E-state index in [9.17, 15) is 22.8 Å². The van der Waals surface area contributed by atoms with Gasteiger partial charge in [-0.25, -0.2) is 9.78 Å². The number of hydrogen-bond acceptors (Lipinski definition) is 6. The van der Waals surface area contributed by atoms with Crippen LogP contribution in [0.25, 0.3) is 26.4 Å². The maximum atomic E-state index is 14.0. The third-order valence-corrected chi connectivity index (χ3v) is 9.05. The van der Waals surface area contributed by atoms with Gasteiger partial charge in [0, 0.05) is 16.9 Å². The molecule has 260 valence electrons.